The van der Waals surface area contributed by atoms with Gasteiger partial charge >= 0.3 is 6.18 Å². The summed E-state index contributed by atoms with van der Waals surface area (Å²) in [6.07, 6.45) is -2.65. The number of hydrogen-bond acceptors (Lipinski definition) is 5. The van der Waals surface area contributed by atoms with Gasteiger partial charge in [0, 0.05) is 12.3 Å². The lowest BCUT2D eigenvalue weighted by atomic mass is 10.1. The monoisotopic (exact) mass is 427 g/mol. The minimum absolute atomic E-state index is 0.0643. The largest absolute Gasteiger partial charge is 0.417 e. The van der Waals surface area contributed by atoms with Gasteiger partial charge in [0.25, 0.3) is 5.69 Å². The van der Waals surface area contributed by atoms with Gasteiger partial charge in [0.2, 0.25) is 5.91 Å². The van der Waals surface area contributed by atoms with E-state index in [0.29, 0.717) is 11.7 Å². The summed E-state index contributed by atoms with van der Waals surface area (Å²) in [5.41, 5.74) is -0.594. The van der Waals surface area contributed by atoms with Crippen molar-refractivity contribution in [2.45, 2.75) is 25.7 Å². The highest BCUT2D eigenvalue weighted by atomic mass is 35.5. The van der Waals surface area contributed by atoms with E-state index in [1.807, 2.05) is 0 Å². The number of hydrogen-bond donors (Lipinski definition) is 1. The van der Waals surface area contributed by atoms with E-state index in [0.717, 1.165) is 6.07 Å². The number of nitrogens with one attached hydrogen (secondary N) is 1. The fourth-order valence-electron chi connectivity index (χ4n) is 2.81. The molecule has 1 unspecified atom stereocenters. The first-order chi connectivity index (χ1) is 13.6. The van der Waals surface area contributed by atoms with Gasteiger partial charge in [-0.15, -0.1) is 0 Å². The van der Waals surface area contributed by atoms with Gasteiger partial charge in [0.05, 0.1) is 39.1 Å². The molecule has 8 nitrogen and oxygen atoms in total. The maximum absolute atomic E-state index is 12.7. The number of nitro benzene ring substituents is 1. The predicted molar refractivity (Wildman–Crippen MR) is 97.2 cm³/mol. The first kappa shape index (κ1) is 20.5. The number of non-ortho nitro benzene ring substituents is 1. The summed E-state index contributed by atoms with van der Waals surface area (Å²) >= 11 is 5.89. The second-order valence-electron chi connectivity index (χ2n) is 6.15. The summed E-state index contributed by atoms with van der Waals surface area (Å²) in [6.45, 7) is 1.22. The SMILES string of the molecule is CC(NC(=O)Cn1cnc2cccc([N+](=O)[O-])c21)c1ncc(C(F)(F)F)cc1Cl. The molecule has 1 N–H and O–H groups in total. The Hall–Kier alpha value is -3.21. The van der Waals surface area contributed by atoms with Gasteiger partial charge in [-0.2, -0.15) is 13.2 Å². The van der Waals surface area contributed by atoms with E-state index in [4.69, 9.17) is 11.6 Å². The maximum atomic E-state index is 12.7. The van der Waals surface area contributed by atoms with Crippen LogP contribution in [0.5, 0.6) is 0 Å². The van der Waals surface area contributed by atoms with Crippen molar-refractivity contribution in [1.82, 2.24) is 19.9 Å². The van der Waals surface area contributed by atoms with Crippen LogP contribution in [-0.4, -0.2) is 25.4 Å². The first-order valence-electron chi connectivity index (χ1n) is 8.18. The topological polar surface area (TPSA) is 103 Å². The second-order valence-corrected chi connectivity index (χ2v) is 6.56. The summed E-state index contributed by atoms with van der Waals surface area (Å²) in [5.74, 6) is -0.548. The van der Waals surface area contributed by atoms with Crippen LogP contribution in [0, 0.1) is 10.1 Å². The maximum Gasteiger partial charge on any atom is 0.417 e. The van der Waals surface area contributed by atoms with E-state index in [9.17, 15) is 28.1 Å². The van der Waals surface area contributed by atoms with Crippen molar-refractivity contribution in [3.8, 4) is 0 Å². The third kappa shape index (κ3) is 4.29. The molecule has 29 heavy (non-hydrogen) atoms. The van der Waals surface area contributed by atoms with Gasteiger partial charge in [-0.1, -0.05) is 17.7 Å². The number of rotatable bonds is 5. The van der Waals surface area contributed by atoms with Crippen molar-refractivity contribution in [1.29, 1.82) is 0 Å². The Morgan fingerprint density at radius 1 is 1.38 bits per heavy atom. The number of nitro groups is 1. The van der Waals surface area contributed by atoms with Crippen LogP contribution in [0.4, 0.5) is 18.9 Å². The highest BCUT2D eigenvalue weighted by molar-refractivity contribution is 6.31. The molecule has 1 atom stereocenters. The second kappa shape index (κ2) is 7.66. The molecule has 2 aromatic heterocycles. The molecule has 0 aliphatic heterocycles. The molecule has 3 rings (SSSR count). The van der Waals surface area contributed by atoms with E-state index in [-0.39, 0.29) is 28.5 Å². The highest BCUT2D eigenvalue weighted by Crippen LogP contribution is 2.32. The quantitative estimate of drug-likeness (QED) is 0.491. The van der Waals surface area contributed by atoms with Crippen molar-refractivity contribution < 1.29 is 22.9 Å². The molecule has 1 aromatic carbocycles. The number of benzene rings is 1. The number of carbonyl (C=O) groups is 1. The van der Waals surface area contributed by atoms with Crippen LogP contribution in [-0.2, 0) is 17.5 Å². The summed E-state index contributed by atoms with van der Waals surface area (Å²) < 4.78 is 39.5. The summed E-state index contributed by atoms with van der Waals surface area (Å²) in [6, 6.07) is 4.30. The lowest BCUT2D eigenvalue weighted by Crippen LogP contribution is -2.30. The molecule has 1 amide bonds. The van der Waals surface area contributed by atoms with Crippen LogP contribution in [0.25, 0.3) is 11.0 Å². The average Bonchev–Trinajstić information content (AvgIpc) is 3.03. The van der Waals surface area contributed by atoms with Crippen molar-refractivity contribution >= 4 is 34.2 Å². The Kier molecular flexibility index (Phi) is 5.42. The van der Waals surface area contributed by atoms with Gasteiger partial charge in [-0.25, -0.2) is 4.98 Å². The van der Waals surface area contributed by atoms with Gasteiger partial charge in [0.15, 0.2) is 0 Å². The zero-order valence-corrected chi connectivity index (χ0v) is 15.5. The first-order valence-corrected chi connectivity index (χ1v) is 8.56. The Labute approximate surface area is 166 Å². The number of carbonyl (C=O) groups excluding carboxylic acids is 1. The molecule has 12 heteroatoms. The molecule has 0 aliphatic rings. The molecule has 0 saturated heterocycles. The minimum Gasteiger partial charge on any atom is -0.346 e. The van der Waals surface area contributed by atoms with Crippen LogP contribution in [0.15, 0.2) is 36.8 Å². The lowest BCUT2D eigenvalue weighted by molar-refractivity contribution is -0.383. The number of nitrogens with zero attached hydrogens (tertiary/aromatic N) is 4. The van der Waals surface area contributed by atoms with E-state index in [1.165, 1.54) is 30.0 Å². The smallest absolute Gasteiger partial charge is 0.346 e. The molecule has 0 saturated carbocycles. The molecule has 0 fully saturated rings. The summed E-state index contributed by atoms with van der Waals surface area (Å²) in [4.78, 5) is 30.8. The van der Waals surface area contributed by atoms with Crippen LogP contribution in [0.2, 0.25) is 5.02 Å². The average molecular weight is 428 g/mol. The summed E-state index contributed by atoms with van der Waals surface area (Å²) in [5, 5.41) is 13.5. The van der Waals surface area contributed by atoms with E-state index in [2.05, 4.69) is 15.3 Å². The number of halogens is 4. The molecule has 2 heterocycles. The van der Waals surface area contributed by atoms with Crippen LogP contribution >= 0.6 is 11.6 Å². The molecule has 0 radical (unpaired) electrons. The normalized spacial score (nSPS) is 12.7. The fraction of sp³-hybridized carbons (Fsp3) is 0.235. The van der Waals surface area contributed by atoms with Gasteiger partial charge in [0.1, 0.15) is 12.1 Å². The molecule has 152 valence electrons. The van der Waals surface area contributed by atoms with Crippen molar-refractivity contribution in [2.24, 2.45) is 0 Å². The molecule has 0 spiro atoms. The number of fused-ring (bicyclic) bond motifs is 1. The van der Waals surface area contributed by atoms with Crippen LogP contribution < -0.4 is 5.32 Å². The highest BCUT2D eigenvalue weighted by Gasteiger charge is 2.32. The third-order valence-electron chi connectivity index (χ3n) is 4.11. The Morgan fingerprint density at radius 2 is 2.10 bits per heavy atom. The fourth-order valence-corrected chi connectivity index (χ4v) is 3.14. The van der Waals surface area contributed by atoms with Crippen LogP contribution in [0.1, 0.15) is 24.2 Å². The third-order valence-corrected chi connectivity index (χ3v) is 4.41. The number of pyridine rings is 1. The molecule has 0 aliphatic carbocycles. The van der Waals surface area contributed by atoms with E-state index in [1.54, 1.807) is 6.07 Å². The molecular formula is C17H13ClF3N5O3. The number of aromatic nitrogens is 3. The van der Waals surface area contributed by atoms with Crippen molar-refractivity contribution in [3.05, 3.63) is 63.2 Å². The number of amides is 1. The predicted octanol–water partition coefficient (Wildman–Crippen LogP) is 3.89. The molecular weight excluding hydrogens is 415 g/mol. The zero-order chi connectivity index (χ0) is 21.3. The van der Waals surface area contributed by atoms with Crippen molar-refractivity contribution in [2.75, 3.05) is 0 Å². The van der Waals surface area contributed by atoms with E-state index < -0.39 is 28.6 Å². The Morgan fingerprint density at radius 3 is 2.72 bits per heavy atom. The summed E-state index contributed by atoms with van der Waals surface area (Å²) in [7, 11) is 0. The van der Waals surface area contributed by atoms with E-state index >= 15 is 0 Å². The van der Waals surface area contributed by atoms with Crippen LogP contribution in [0.3, 0.4) is 0 Å². The standard InChI is InChI=1S/C17H13ClF3N5O3/c1-9(15-11(18)5-10(6-22-15)17(19,20)21)24-14(27)7-25-8-23-12-3-2-4-13(16(12)25)26(28)29/h2-6,8-9H,7H2,1H3,(H,24,27). The van der Waals surface area contributed by atoms with Gasteiger partial charge < -0.3 is 9.88 Å². The zero-order valence-electron chi connectivity index (χ0n) is 14.8. The number of imidazole rings is 1. The molecule has 3 aromatic rings. The van der Waals surface area contributed by atoms with Crippen molar-refractivity contribution in [3.63, 3.8) is 0 Å². The van der Waals surface area contributed by atoms with Gasteiger partial charge in [-0.05, 0) is 19.1 Å². The Bertz CT molecular complexity index is 1100. The van der Waals surface area contributed by atoms with Gasteiger partial charge in [-0.3, -0.25) is 19.9 Å². The lowest BCUT2D eigenvalue weighted by Gasteiger charge is -2.16. The number of para-hydroxylation sites is 1. The molecule has 0 bridgehead atoms. The minimum atomic E-state index is -4.58. The Balaban J connectivity index is 1.78. The number of alkyl halides is 3.